The van der Waals surface area contributed by atoms with Gasteiger partial charge >= 0.3 is 0 Å². The van der Waals surface area contributed by atoms with Gasteiger partial charge in [0.05, 0.1) is 10.2 Å². The van der Waals surface area contributed by atoms with Crippen LogP contribution in [0.25, 0.3) is 22.6 Å². The molecule has 2 saturated heterocycles. The summed E-state index contributed by atoms with van der Waals surface area (Å²) in [6.07, 6.45) is 7.34. The van der Waals surface area contributed by atoms with Crippen molar-refractivity contribution in [3.05, 3.63) is 34.9 Å². The number of aromatic nitrogens is 3. The molecule has 2 aliphatic heterocycles. The third-order valence-electron chi connectivity index (χ3n) is 7.54. The predicted molar refractivity (Wildman–Crippen MR) is 138 cm³/mol. The molecule has 1 aromatic carbocycles. The largest absolute Gasteiger partial charge is 0.369 e. The molecule has 4 heterocycles. The van der Waals surface area contributed by atoms with Crippen molar-refractivity contribution in [3.8, 4) is 11.4 Å². The second-order valence-corrected chi connectivity index (χ2v) is 10.5. The zero-order valence-corrected chi connectivity index (χ0v) is 20.6. The van der Waals surface area contributed by atoms with E-state index in [0.717, 1.165) is 78.8 Å². The van der Waals surface area contributed by atoms with Gasteiger partial charge in [-0.2, -0.15) is 0 Å². The summed E-state index contributed by atoms with van der Waals surface area (Å²) in [5.41, 5.74) is 5.40. The Kier molecular flexibility index (Phi) is 5.98. The van der Waals surface area contributed by atoms with E-state index in [1.165, 1.54) is 37.1 Å². The molecule has 7 nitrogen and oxygen atoms in total. The number of hydrogen-bond donors (Lipinski definition) is 3. The van der Waals surface area contributed by atoms with Crippen LogP contribution in [0.4, 0.5) is 11.4 Å². The van der Waals surface area contributed by atoms with E-state index in [9.17, 15) is 0 Å². The minimum absolute atomic E-state index is 0.510. The summed E-state index contributed by atoms with van der Waals surface area (Å²) in [6.45, 7) is 7.25. The van der Waals surface area contributed by atoms with E-state index in [1.54, 1.807) is 0 Å². The molecule has 1 aliphatic carbocycles. The van der Waals surface area contributed by atoms with Crippen LogP contribution in [-0.4, -0.2) is 66.8 Å². The number of nitrogens with zero attached hydrogens (tertiary/aromatic N) is 4. The van der Waals surface area contributed by atoms with Gasteiger partial charge < -0.3 is 25.4 Å². The van der Waals surface area contributed by atoms with E-state index in [2.05, 4.69) is 70.6 Å². The maximum absolute atomic E-state index is 4.88. The molecule has 1 atom stereocenters. The van der Waals surface area contributed by atoms with Crippen LogP contribution >= 0.6 is 15.9 Å². The first-order valence-corrected chi connectivity index (χ1v) is 13.1. The van der Waals surface area contributed by atoms with Crippen LogP contribution in [-0.2, 0) is 0 Å². The molecular weight excluding hydrogens is 478 g/mol. The number of H-pyrrole nitrogens is 1. The summed E-state index contributed by atoms with van der Waals surface area (Å²) in [7, 11) is 0. The highest BCUT2D eigenvalue weighted by atomic mass is 79.9. The van der Waals surface area contributed by atoms with Crippen molar-refractivity contribution in [3.63, 3.8) is 0 Å². The fourth-order valence-corrected chi connectivity index (χ4v) is 6.00. The number of rotatable bonds is 5. The van der Waals surface area contributed by atoms with Gasteiger partial charge in [-0.15, -0.1) is 0 Å². The zero-order chi connectivity index (χ0) is 22.2. The van der Waals surface area contributed by atoms with Gasteiger partial charge in [0, 0.05) is 69.3 Å². The Balaban J connectivity index is 1.31. The highest BCUT2D eigenvalue weighted by molar-refractivity contribution is 9.10. The fraction of sp³-hybridized carbons (Fsp3) is 0.520. The predicted octanol–water partition coefficient (Wildman–Crippen LogP) is 3.77. The van der Waals surface area contributed by atoms with Crippen LogP contribution in [0.15, 0.2) is 34.9 Å². The quantitative estimate of drug-likeness (QED) is 0.486. The van der Waals surface area contributed by atoms with Crippen LogP contribution in [0.5, 0.6) is 0 Å². The molecule has 0 spiro atoms. The number of benzene rings is 1. The third-order valence-corrected chi connectivity index (χ3v) is 8.12. The number of fused-ring (bicyclic) bond motifs is 1. The number of halogens is 1. The lowest BCUT2D eigenvalue weighted by Crippen LogP contribution is -2.52. The van der Waals surface area contributed by atoms with Crippen molar-refractivity contribution in [2.75, 3.05) is 55.6 Å². The summed E-state index contributed by atoms with van der Waals surface area (Å²) in [5.74, 6) is 1.76. The summed E-state index contributed by atoms with van der Waals surface area (Å²) >= 11 is 3.81. The van der Waals surface area contributed by atoms with E-state index in [-0.39, 0.29) is 0 Å². The Morgan fingerprint density at radius 1 is 1.00 bits per heavy atom. The molecule has 3 N–H and O–H groups in total. The summed E-state index contributed by atoms with van der Waals surface area (Å²) in [4.78, 5) is 18.2. The first kappa shape index (κ1) is 21.4. The normalized spacial score (nSPS) is 22.0. The fourth-order valence-electron chi connectivity index (χ4n) is 5.47. The standard InChI is InChI=1S/C25H32BrN7/c26-21-16-29-25-22(23(21)33-13-10-28-15-20(33)14-17-2-1-3-17)30-24(31-25)18-4-6-19(7-5-18)32-11-8-27-9-12-32/h4-7,16-17,20,27-28H,1-3,8-15H2,(H,29,30,31). The van der Waals surface area contributed by atoms with E-state index in [1.807, 2.05) is 6.20 Å². The second kappa shape index (κ2) is 9.24. The topological polar surface area (TPSA) is 72.1 Å². The number of piperazine rings is 2. The van der Waals surface area contributed by atoms with Gasteiger partial charge in [-0.3, -0.25) is 0 Å². The Morgan fingerprint density at radius 3 is 2.55 bits per heavy atom. The molecule has 3 aliphatic rings. The molecule has 1 saturated carbocycles. The molecule has 1 unspecified atom stereocenters. The molecule has 0 bridgehead atoms. The smallest absolute Gasteiger partial charge is 0.180 e. The summed E-state index contributed by atoms with van der Waals surface area (Å²) in [6, 6.07) is 9.28. The van der Waals surface area contributed by atoms with Crippen molar-refractivity contribution < 1.29 is 0 Å². The van der Waals surface area contributed by atoms with Crippen LogP contribution in [0.1, 0.15) is 25.7 Å². The van der Waals surface area contributed by atoms with Gasteiger partial charge in [0.15, 0.2) is 5.65 Å². The number of pyridine rings is 1. The zero-order valence-electron chi connectivity index (χ0n) is 19.0. The Hall–Kier alpha value is -2.16. The SMILES string of the molecule is Brc1cnc2nc(-c3ccc(N4CCNCC4)cc3)[nH]c2c1N1CCNCC1CC1CCC1. The highest BCUT2D eigenvalue weighted by Gasteiger charge is 2.31. The molecular formula is C25H32BrN7. The second-order valence-electron chi connectivity index (χ2n) is 9.61. The summed E-state index contributed by atoms with van der Waals surface area (Å²) in [5, 5.41) is 7.03. The van der Waals surface area contributed by atoms with E-state index < -0.39 is 0 Å². The number of anilines is 2. The molecule has 6 rings (SSSR count). The van der Waals surface area contributed by atoms with Crippen LogP contribution in [0.2, 0.25) is 0 Å². The van der Waals surface area contributed by atoms with Crippen molar-refractivity contribution in [1.29, 1.82) is 0 Å². The van der Waals surface area contributed by atoms with E-state index in [0.29, 0.717) is 6.04 Å². The van der Waals surface area contributed by atoms with Gasteiger partial charge in [0.2, 0.25) is 0 Å². The van der Waals surface area contributed by atoms with Crippen LogP contribution in [0.3, 0.4) is 0 Å². The molecule has 174 valence electrons. The lowest BCUT2D eigenvalue weighted by molar-refractivity contribution is 0.262. The minimum atomic E-state index is 0.510. The molecule has 2 aromatic heterocycles. The maximum Gasteiger partial charge on any atom is 0.180 e. The number of nitrogens with one attached hydrogen (secondary N) is 3. The van der Waals surface area contributed by atoms with Gasteiger partial charge in [-0.25, -0.2) is 9.97 Å². The van der Waals surface area contributed by atoms with Crippen LogP contribution in [0, 0.1) is 5.92 Å². The van der Waals surface area contributed by atoms with Crippen molar-refractivity contribution in [1.82, 2.24) is 25.6 Å². The lowest BCUT2D eigenvalue weighted by Gasteiger charge is -2.41. The minimum Gasteiger partial charge on any atom is -0.369 e. The Bertz CT molecular complexity index is 1100. The van der Waals surface area contributed by atoms with Crippen molar-refractivity contribution in [2.24, 2.45) is 5.92 Å². The molecule has 0 radical (unpaired) electrons. The third kappa shape index (κ3) is 4.24. The van der Waals surface area contributed by atoms with E-state index >= 15 is 0 Å². The first-order chi connectivity index (χ1) is 16.3. The van der Waals surface area contributed by atoms with Crippen molar-refractivity contribution >= 4 is 38.5 Å². The first-order valence-electron chi connectivity index (χ1n) is 12.3. The monoisotopic (exact) mass is 509 g/mol. The number of imidazole rings is 1. The van der Waals surface area contributed by atoms with Gasteiger partial charge in [-0.1, -0.05) is 19.3 Å². The van der Waals surface area contributed by atoms with Crippen LogP contribution < -0.4 is 20.4 Å². The van der Waals surface area contributed by atoms with Gasteiger partial charge in [-0.05, 0) is 52.5 Å². The number of hydrogen-bond acceptors (Lipinski definition) is 6. The number of aromatic amines is 1. The Labute approximate surface area is 203 Å². The van der Waals surface area contributed by atoms with Gasteiger partial charge in [0.1, 0.15) is 11.3 Å². The lowest BCUT2D eigenvalue weighted by atomic mass is 9.80. The summed E-state index contributed by atoms with van der Waals surface area (Å²) < 4.78 is 1.04. The average Bonchev–Trinajstić information content (AvgIpc) is 3.27. The molecule has 0 amide bonds. The van der Waals surface area contributed by atoms with E-state index in [4.69, 9.17) is 4.98 Å². The molecule has 3 aromatic rings. The highest BCUT2D eigenvalue weighted by Crippen LogP contribution is 2.38. The van der Waals surface area contributed by atoms with Crippen molar-refractivity contribution in [2.45, 2.75) is 31.7 Å². The Morgan fingerprint density at radius 2 is 1.79 bits per heavy atom. The average molecular weight is 510 g/mol. The molecule has 3 fully saturated rings. The maximum atomic E-state index is 4.88. The molecule has 33 heavy (non-hydrogen) atoms. The van der Waals surface area contributed by atoms with Gasteiger partial charge in [0.25, 0.3) is 0 Å². The molecule has 8 heteroatoms.